The van der Waals surface area contributed by atoms with Gasteiger partial charge < -0.3 is 0 Å². The predicted octanol–water partition coefficient (Wildman–Crippen LogP) is 3.48. The van der Waals surface area contributed by atoms with Gasteiger partial charge in [0.15, 0.2) is 0 Å². The number of thioether (sulfide) groups is 2. The smallest absolute Gasteiger partial charge is 0.142 e. The van der Waals surface area contributed by atoms with E-state index >= 15 is 0 Å². The second-order valence-electron chi connectivity index (χ2n) is 4.84. The van der Waals surface area contributed by atoms with Crippen molar-refractivity contribution >= 4 is 35.1 Å². The Bertz CT molecular complexity index is 447. The number of hydrogen-bond acceptors (Lipinski definition) is 4. The molecule has 3 atom stereocenters. The molecule has 1 fully saturated rings. The second-order valence-corrected chi connectivity index (χ2v) is 7.85. The molecule has 1 aliphatic rings. The van der Waals surface area contributed by atoms with Gasteiger partial charge in [-0.25, -0.2) is 4.39 Å². The minimum Gasteiger partial charge on any atom is -0.271 e. The summed E-state index contributed by atoms with van der Waals surface area (Å²) in [5.74, 6) is 7.72. The SMILES string of the molecule is CCC1SCCSC1C(Cc1cccc(F)c1Cl)NN. The molecule has 0 aromatic heterocycles. The lowest BCUT2D eigenvalue weighted by atomic mass is 10.0. The summed E-state index contributed by atoms with van der Waals surface area (Å²) in [6, 6.07) is 5.07. The molecule has 1 aromatic rings. The molecule has 3 N–H and O–H groups in total. The number of benzene rings is 1. The van der Waals surface area contributed by atoms with E-state index in [4.69, 9.17) is 17.4 Å². The average Bonchev–Trinajstić information content (AvgIpc) is 2.49. The highest BCUT2D eigenvalue weighted by atomic mass is 35.5. The van der Waals surface area contributed by atoms with E-state index in [0.717, 1.165) is 17.7 Å². The topological polar surface area (TPSA) is 38.0 Å². The monoisotopic (exact) mass is 334 g/mol. The zero-order valence-corrected chi connectivity index (χ0v) is 13.8. The van der Waals surface area contributed by atoms with Gasteiger partial charge in [-0.15, -0.1) is 0 Å². The number of hydrogen-bond donors (Lipinski definition) is 2. The van der Waals surface area contributed by atoms with Crippen molar-refractivity contribution in [1.29, 1.82) is 0 Å². The molecule has 0 spiro atoms. The van der Waals surface area contributed by atoms with E-state index in [1.165, 1.54) is 11.8 Å². The molecule has 1 saturated heterocycles. The van der Waals surface area contributed by atoms with Gasteiger partial charge in [-0.3, -0.25) is 11.3 Å². The van der Waals surface area contributed by atoms with Crippen LogP contribution in [0.4, 0.5) is 4.39 Å². The third-order valence-electron chi connectivity index (χ3n) is 3.58. The lowest BCUT2D eigenvalue weighted by molar-refractivity contribution is 0.489. The van der Waals surface area contributed by atoms with Gasteiger partial charge in [0.2, 0.25) is 0 Å². The number of rotatable bonds is 5. The molecule has 0 aliphatic carbocycles. The van der Waals surface area contributed by atoms with Crippen LogP contribution in [0.3, 0.4) is 0 Å². The van der Waals surface area contributed by atoms with Crippen LogP contribution in [0.2, 0.25) is 5.02 Å². The highest BCUT2D eigenvalue weighted by molar-refractivity contribution is 8.07. The van der Waals surface area contributed by atoms with Crippen LogP contribution in [0.5, 0.6) is 0 Å². The Morgan fingerprint density at radius 3 is 2.90 bits per heavy atom. The molecule has 0 amide bonds. The predicted molar refractivity (Wildman–Crippen MR) is 89.0 cm³/mol. The lowest BCUT2D eigenvalue weighted by Crippen LogP contribution is -2.49. The summed E-state index contributed by atoms with van der Waals surface area (Å²) in [6.45, 7) is 2.21. The lowest BCUT2D eigenvalue weighted by Gasteiger charge is -2.35. The van der Waals surface area contributed by atoms with Gasteiger partial charge in [0.05, 0.1) is 5.02 Å². The average molecular weight is 335 g/mol. The largest absolute Gasteiger partial charge is 0.271 e. The molecule has 0 saturated carbocycles. The van der Waals surface area contributed by atoms with Gasteiger partial charge in [-0.1, -0.05) is 30.7 Å². The normalized spacial score (nSPS) is 24.6. The number of nitrogens with one attached hydrogen (secondary N) is 1. The maximum absolute atomic E-state index is 13.5. The van der Waals surface area contributed by atoms with Crippen LogP contribution in [0, 0.1) is 5.82 Å². The van der Waals surface area contributed by atoms with Crippen molar-refractivity contribution in [3.63, 3.8) is 0 Å². The van der Waals surface area contributed by atoms with Crippen molar-refractivity contribution in [1.82, 2.24) is 5.43 Å². The summed E-state index contributed by atoms with van der Waals surface area (Å²) in [6.07, 6.45) is 1.78. The van der Waals surface area contributed by atoms with Crippen molar-refractivity contribution in [3.8, 4) is 0 Å². The summed E-state index contributed by atoms with van der Waals surface area (Å²) in [4.78, 5) is 0. The van der Waals surface area contributed by atoms with Crippen molar-refractivity contribution in [2.75, 3.05) is 11.5 Å². The summed E-state index contributed by atoms with van der Waals surface area (Å²) in [7, 11) is 0. The fraction of sp³-hybridized carbons (Fsp3) is 0.571. The van der Waals surface area contributed by atoms with Crippen molar-refractivity contribution < 1.29 is 4.39 Å². The Morgan fingerprint density at radius 2 is 2.20 bits per heavy atom. The van der Waals surface area contributed by atoms with Crippen molar-refractivity contribution in [3.05, 3.63) is 34.6 Å². The van der Waals surface area contributed by atoms with Crippen LogP contribution < -0.4 is 11.3 Å². The molecule has 1 aliphatic heterocycles. The Morgan fingerprint density at radius 1 is 1.45 bits per heavy atom. The summed E-state index contributed by atoms with van der Waals surface area (Å²) in [5, 5.41) is 1.24. The first-order valence-electron chi connectivity index (χ1n) is 6.79. The first-order valence-corrected chi connectivity index (χ1v) is 9.27. The minimum absolute atomic E-state index is 0.108. The van der Waals surface area contributed by atoms with Gasteiger partial charge in [0.1, 0.15) is 5.82 Å². The third-order valence-corrected chi connectivity index (χ3v) is 7.41. The molecule has 0 bridgehead atoms. The van der Waals surface area contributed by atoms with E-state index in [-0.39, 0.29) is 16.9 Å². The molecular formula is C14H20ClFN2S2. The van der Waals surface area contributed by atoms with Crippen molar-refractivity contribution in [2.24, 2.45) is 5.84 Å². The van der Waals surface area contributed by atoms with Crippen LogP contribution in [0.15, 0.2) is 18.2 Å². The van der Waals surface area contributed by atoms with Crippen LogP contribution in [-0.4, -0.2) is 28.0 Å². The molecule has 1 aromatic carbocycles. The molecule has 20 heavy (non-hydrogen) atoms. The van der Waals surface area contributed by atoms with Gasteiger partial charge in [-0.2, -0.15) is 23.5 Å². The molecule has 112 valence electrons. The number of nitrogens with two attached hydrogens (primary N) is 1. The van der Waals surface area contributed by atoms with E-state index < -0.39 is 0 Å². The Balaban J connectivity index is 2.13. The van der Waals surface area contributed by atoms with Gasteiger partial charge >= 0.3 is 0 Å². The molecule has 6 heteroatoms. The first-order chi connectivity index (χ1) is 9.67. The fourth-order valence-electron chi connectivity index (χ4n) is 2.52. The summed E-state index contributed by atoms with van der Waals surface area (Å²) < 4.78 is 13.5. The molecule has 3 unspecified atom stereocenters. The zero-order chi connectivity index (χ0) is 14.5. The molecule has 2 nitrogen and oxygen atoms in total. The van der Waals surface area contributed by atoms with Crippen LogP contribution in [0.25, 0.3) is 0 Å². The van der Waals surface area contributed by atoms with E-state index in [2.05, 4.69) is 12.3 Å². The third kappa shape index (κ3) is 3.83. The van der Waals surface area contributed by atoms with Gasteiger partial charge in [0.25, 0.3) is 0 Å². The Labute approximate surface area is 133 Å². The van der Waals surface area contributed by atoms with Crippen LogP contribution in [0.1, 0.15) is 18.9 Å². The molecule has 2 rings (SSSR count). The number of halogens is 2. The maximum Gasteiger partial charge on any atom is 0.142 e. The van der Waals surface area contributed by atoms with Gasteiger partial charge in [-0.05, 0) is 24.5 Å². The molecular weight excluding hydrogens is 315 g/mol. The minimum atomic E-state index is -0.363. The fourth-order valence-corrected chi connectivity index (χ4v) is 5.97. The van der Waals surface area contributed by atoms with E-state index in [0.29, 0.717) is 16.9 Å². The van der Waals surface area contributed by atoms with E-state index in [9.17, 15) is 4.39 Å². The number of hydrazine groups is 1. The summed E-state index contributed by atoms with van der Waals surface area (Å²) >= 11 is 10.0. The zero-order valence-electron chi connectivity index (χ0n) is 11.4. The standard InChI is InChI=1S/C14H20ClFN2S2/c1-2-12-14(20-7-6-19-12)11(18-17)8-9-4-3-5-10(16)13(9)15/h3-5,11-12,14,18H,2,6-8,17H2,1H3. The van der Waals surface area contributed by atoms with Crippen LogP contribution in [-0.2, 0) is 6.42 Å². The molecule has 0 radical (unpaired) electrons. The van der Waals surface area contributed by atoms with E-state index in [1.807, 2.05) is 29.6 Å². The Hall–Kier alpha value is 0.0600. The maximum atomic E-state index is 13.5. The van der Waals surface area contributed by atoms with Gasteiger partial charge in [0, 0.05) is 28.0 Å². The van der Waals surface area contributed by atoms with Crippen LogP contribution >= 0.6 is 35.1 Å². The first kappa shape index (κ1) is 16.4. The highest BCUT2D eigenvalue weighted by Gasteiger charge is 2.32. The Kier molecular flexibility index (Phi) is 6.49. The van der Waals surface area contributed by atoms with E-state index in [1.54, 1.807) is 6.07 Å². The van der Waals surface area contributed by atoms with Crippen molar-refractivity contribution in [2.45, 2.75) is 36.3 Å². The second kappa shape index (κ2) is 7.90. The highest BCUT2D eigenvalue weighted by Crippen LogP contribution is 2.36. The quantitative estimate of drug-likeness (QED) is 0.638. The molecule has 1 heterocycles. The summed E-state index contributed by atoms with van der Waals surface area (Å²) in [5.41, 5.74) is 3.74.